The van der Waals surface area contributed by atoms with E-state index in [4.69, 9.17) is 0 Å². The average molecular weight is 499 g/mol. The molecule has 3 heteroatoms. The number of pyridine rings is 1. The zero-order chi connectivity index (χ0) is 26.0. The van der Waals surface area contributed by atoms with Crippen LogP contribution in [0.1, 0.15) is 64.0 Å². The highest BCUT2D eigenvalue weighted by Gasteiger charge is 2.44. The van der Waals surface area contributed by atoms with Crippen molar-refractivity contribution in [2.45, 2.75) is 50.9 Å². The minimum atomic E-state index is -0.0725. The normalized spacial score (nSPS) is 20.4. The van der Waals surface area contributed by atoms with Crippen molar-refractivity contribution in [2.75, 3.05) is 5.32 Å². The van der Waals surface area contributed by atoms with Crippen LogP contribution in [-0.2, 0) is 18.3 Å². The Labute approximate surface area is 225 Å². The first-order chi connectivity index (χ1) is 18.6. The smallest absolute Gasteiger partial charge is 0.255 e. The van der Waals surface area contributed by atoms with Gasteiger partial charge in [0.15, 0.2) is 0 Å². The number of hydrogen-bond acceptors (Lipinski definition) is 2. The maximum absolute atomic E-state index is 13.2. The molecule has 1 amide bonds. The van der Waals surface area contributed by atoms with Gasteiger partial charge >= 0.3 is 0 Å². The molecule has 0 saturated carbocycles. The van der Waals surface area contributed by atoms with Gasteiger partial charge in [0.25, 0.3) is 5.91 Å². The van der Waals surface area contributed by atoms with E-state index in [0.29, 0.717) is 5.92 Å². The second-order valence-corrected chi connectivity index (χ2v) is 10.9. The van der Waals surface area contributed by atoms with Gasteiger partial charge in [-0.3, -0.25) is 9.78 Å². The van der Waals surface area contributed by atoms with Gasteiger partial charge in [0.05, 0.1) is 11.4 Å². The van der Waals surface area contributed by atoms with Crippen molar-refractivity contribution in [3.05, 3.63) is 137 Å². The predicted molar refractivity (Wildman–Crippen MR) is 155 cm³/mol. The number of aryl methyl sites for hydroxylation is 2. The number of carbonyl (C=O) groups excluding carboxylic acids is 1. The third-order valence-electron chi connectivity index (χ3n) is 8.63. The van der Waals surface area contributed by atoms with E-state index in [1.807, 2.05) is 25.1 Å². The number of carbonyl (C=O) groups is 1. The molecule has 2 aliphatic rings. The zero-order valence-electron chi connectivity index (χ0n) is 22.0. The Balaban J connectivity index is 1.39. The molecule has 6 rings (SSSR count). The number of aromatic nitrogens is 1. The molecule has 0 aliphatic heterocycles. The van der Waals surface area contributed by atoms with Gasteiger partial charge in [-0.1, -0.05) is 72.8 Å². The molecule has 3 nitrogen and oxygen atoms in total. The van der Waals surface area contributed by atoms with Gasteiger partial charge in [-0.15, -0.1) is 0 Å². The molecule has 1 N–H and O–H groups in total. The van der Waals surface area contributed by atoms with Gasteiger partial charge in [0.2, 0.25) is 0 Å². The van der Waals surface area contributed by atoms with Crippen LogP contribution in [0.3, 0.4) is 0 Å². The molecule has 0 spiro atoms. The van der Waals surface area contributed by atoms with Crippen LogP contribution < -0.4 is 5.32 Å². The van der Waals surface area contributed by atoms with E-state index in [1.54, 1.807) is 6.20 Å². The fraction of sp³-hybridized carbons (Fsp3) is 0.257. The highest BCUT2D eigenvalue weighted by molar-refractivity contribution is 6.04. The molecule has 1 heterocycles. The molecule has 38 heavy (non-hydrogen) atoms. The van der Waals surface area contributed by atoms with Gasteiger partial charge in [0.1, 0.15) is 0 Å². The molecule has 1 aromatic heterocycles. The Hall–Kier alpha value is -3.98. The number of benzene rings is 3. The van der Waals surface area contributed by atoms with Crippen LogP contribution in [-0.4, -0.2) is 10.9 Å². The third kappa shape index (κ3) is 4.69. The second kappa shape index (κ2) is 10.4. The van der Waals surface area contributed by atoms with Gasteiger partial charge < -0.3 is 5.32 Å². The Morgan fingerprint density at radius 2 is 1.76 bits per heavy atom. The van der Waals surface area contributed by atoms with Crippen molar-refractivity contribution >= 4 is 17.2 Å². The van der Waals surface area contributed by atoms with Crippen molar-refractivity contribution < 1.29 is 4.79 Å². The van der Waals surface area contributed by atoms with Crippen LogP contribution in [0.4, 0.5) is 5.69 Å². The van der Waals surface area contributed by atoms with Crippen molar-refractivity contribution in [3.8, 4) is 0 Å². The molecule has 2 atom stereocenters. The topological polar surface area (TPSA) is 42.0 Å². The minimum absolute atomic E-state index is 0.0282. The lowest BCUT2D eigenvalue weighted by Crippen LogP contribution is -2.39. The van der Waals surface area contributed by atoms with E-state index >= 15 is 0 Å². The van der Waals surface area contributed by atoms with E-state index in [2.05, 4.69) is 89.2 Å². The number of nitrogens with one attached hydrogen (secondary N) is 1. The Morgan fingerprint density at radius 3 is 2.55 bits per heavy atom. The lowest BCUT2D eigenvalue weighted by atomic mass is 9.59. The number of amides is 1. The average Bonchev–Trinajstić information content (AvgIpc) is 3.11. The molecule has 0 fully saturated rings. The fourth-order valence-electron chi connectivity index (χ4n) is 6.66. The van der Waals surface area contributed by atoms with Crippen molar-refractivity contribution in [2.24, 2.45) is 5.92 Å². The molecule has 2 aliphatic carbocycles. The summed E-state index contributed by atoms with van der Waals surface area (Å²) in [6, 6.07) is 32.0. The summed E-state index contributed by atoms with van der Waals surface area (Å²) in [5, 5.41) is 3.07. The highest BCUT2D eigenvalue weighted by Crippen LogP contribution is 2.52. The first kappa shape index (κ1) is 24.4. The van der Waals surface area contributed by atoms with Gasteiger partial charge in [0, 0.05) is 17.2 Å². The minimum Gasteiger partial charge on any atom is -0.320 e. The summed E-state index contributed by atoms with van der Waals surface area (Å²) < 4.78 is 0. The number of allylic oxidation sites excluding steroid dienone is 2. The molecular weight excluding hydrogens is 464 g/mol. The largest absolute Gasteiger partial charge is 0.320 e. The molecule has 3 aromatic carbocycles. The zero-order valence-corrected chi connectivity index (χ0v) is 22.0. The number of anilines is 1. The van der Waals surface area contributed by atoms with Crippen LogP contribution >= 0.6 is 0 Å². The Bertz CT molecular complexity index is 1470. The van der Waals surface area contributed by atoms with Crippen LogP contribution in [0.5, 0.6) is 0 Å². The SMILES string of the molecule is Cc1ncccc1NC(=O)c1ccc2c(c1)CCCC1CC(c3ccccc3)=CCC21Cc1ccccc1. The number of fused-ring (bicyclic) bond motifs is 3. The van der Waals surface area contributed by atoms with Crippen LogP contribution in [0.25, 0.3) is 5.57 Å². The molecule has 0 radical (unpaired) electrons. The van der Waals surface area contributed by atoms with Crippen LogP contribution in [0, 0.1) is 12.8 Å². The number of rotatable bonds is 5. The van der Waals surface area contributed by atoms with Crippen molar-refractivity contribution in [3.63, 3.8) is 0 Å². The summed E-state index contributed by atoms with van der Waals surface area (Å²) in [5.74, 6) is 0.485. The maximum atomic E-state index is 13.2. The molecular formula is C35H34N2O. The summed E-state index contributed by atoms with van der Waals surface area (Å²) in [4.78, 5) is 17.6. The standard InChI is InChI=1S/C35H34N2O/c1-25-33(16-9-21-36-25)37-34(38)30-17-18-32-29(22-30)14-8-15-31-23-28(27-12-6-3-7-13-27)19-20-35(31,32)24-26-10-4-2-5-11-26/h2-7,9-13,16-19,21-22,31H,8,14-15,20,23-24H2,1H3,(H,37,38). The maximum Gasteiger partial charge on any atom is 0.255 e. The van der Waals surface area contributed by atoms with E-state index in [0.717, 1.165) is 49.0 Å². The van der Waals surface area contributed by atoms with Gasteiger partial charge in [-0.05, 0) is 103 Å². The number of hydrogen-bond donors (Lipinski definition) is 1. The predicted octanol–water partition coefficient (Wildman–Crippen LogP) is 7.95. The molecule has 0 bridgehead atoms. The lowest BCUT2D eigenvalue weighted by Gasteiger charge is -2.45. The van der Waals surface area contributed by atoms with E-state index in [-0.39, 0.29) is 11.3 Å². The van der Waals surface area contributed by atoms with E-state index in [1.165, 1.54) is 34.2 Å². The van der Waals surface area contributed by atoms with Crippen molar-refractivity contribution in [1.82, 2.24) is 4.98 Å². The highest BCUT2D eigenvalue weighted by atomic mass is 16.1. The fourth-order valence-corrected chi connectivity index (χ4v) is 6.66. The first-order valence-corrected chi connectivity index (χ1v) is 13.8. The lowest BCUT2D eigenvalue weighted by molar-refractivity contribution is 0.102. The summed E-state index contributed by atoms with van der Waals surface area (Å²) in [7, 11) is 0. The molecule has 4 aromatic rings. The van der Waals surface area contributed by atoms with Crippen LogP contribution in [0.2, 0.25) is 0 Å². The first-order valence-electron chi connectivity index (χ1n) is 13.8. The second-order valence-electron chi connectivity index (χ2n) is 10.9. The van der Waals surface area contributed by atoms with Crippen molar-refractivity contribution in [1.29, 1.82) is 0 Å². The molecule has 0 saturated heterocycles. The van der Waals surface area contributed by atoms with Gasteiger partial charge in [-0.2, -0.15) is 0 Å². The number of nitrogens with zero attached hydrogens (tertiary/aromatic N) is 1. The molecule has 190 valence electrons. The summed E-state index contributed by atoms with van der Waals surface area (Å²) >= 11 is 0. The Morgan fingerprint density at radius 1 is 0.974 bits per heavy atom. The van der Waals surface area contributed by atoms with E-state index < -0.39 is 0 Å². The quantitative estimate of drug-likeness (QED) is 0.303. The Kier molecular flexibility index (Phi) is 6.68. The summed E-state index contributed by atoms with van der Waals surface area (Å²) in [5.41, 5.74) is 9.31. The monoisotopic (exact) mass is 498 g/mol. The van der Waals surface area contributed by atoms with Crippen LogP contribution in [0.15, 0.2) is 103 Å². The third-order valence-corrected chi connectivity index (χ3v) is 8.63. The summed E-state index contributed by atoms with van der Waals surface area (Å²) in [6.45, 7) is 1.92. The molecule has 2 unspecified atom stereocenters. The van der Waals surface area contributed by atoms with E-state index in [9.17, 15) is 4.79 Å². The summed E-state index contributed by atoms with van der Waals surface area (Å²) in [6.07, 6.45) is 10.7. The van der Waals surface area contributed by atoms with Gasteiger partial charge in [-0.25, -0.2) is 0 Å².